The molecule has 1 aliphatic rings. The molecule has 0 atom stereocenters. The average Bonchev–Trinajstić information content (AvgIpc) is 3.15. The van der Waals surface area contributed by atoms with E-state index in [0.717, 1.165) is 30.2 Å². The first-order valence-corrected chi connectivity index (χ1v) is 10.00. The highest BCUT2D eigenvalue weighted by Crippen LogP contribution is 2.23. The van der Waals surface area contributed by atoms with Gasteiger partial charge in [0.1, 0.15) is 17.3 Å². The molecule has 1 aliphatic heterocycles. The number of aromatic amines is 1. The number of rotatable bonds is 6. The zero-order chi connectivity index (χ0) is 19.5. The molecule has 0 radical (unpaired) electrons. The number of hydrogen-bond donors (Lipinski definition) is 2. The summed E-state index contributed by atoms with van der Waals surface area (Å²) >= 11 is 0. The molecule has 3 heterocycles. The number of nitrogens with zero attached hydrogens (tertiary/aromatic N) is 4. The standard InChI is InChI=1S/C21H27FN6/c1-14-16(22)5-6-17-20(14)27-21(26-17)18-12-25-19(13-24-18)23-9-3-4-15-7-10-28(2)11-8-15/h5-6,12-13,15H,3-4,7-11H2,1-2H3,(H,23,25)(H,26,27). The Morgan fingerprint density at radius 3 is 2.79 bits per heavy atom. The summed E-state index contributed by atoms with van der Waals surface area (Å²) in [5.41, 5.74) is 2.61. The van der Waals surface area contributed by atoms with Crippen LogP contribution in [0.2, 0.25) is 0 Å². The van der Waals surface area contributed by atoms with Gasteiger partial charge in [0.25, 0.3) is 0 Å². The van der Waals surface area contributed by atoms with Gasteiger partial charge in [-0.15, -0.1) is 0 Å². The number of nitrogens with one attached hydrogen (secondary N) is 2. The minimum absolute atomic E-state index is 0.253. The van der Waals surface area contributed by atoms with Crippen LogP contribution in [-0.4, -0.2) is 51.5 Å². The molecule has 0 amide bonds. The fraction of sp³-hybridized carbons (Fsp3) is 0.476. The molecule has 2 N–H and O–H groups in total. The van der Waals surface area contributed by atoms with Gasteiger partial charge in [0.2, 0.25) is 0 Å². The SMILES string of the molecule is Cc1c(F)ccc2[nH]c(-c3cnc(NCCCC4CCN(C)CC4)cn3)nc12. The van der Waals surface area contributed by atoms with Gasteiger partial charge in [-0.25, -0.2) is 19.3 Å². The molecule has 2 aromatic heterocycles. The number of imidazole rings is 1. The summed E-state index contributed by atoms with van der Waals surface area (Å²) in [7, 11) is 2.20. The van der Waals surface area contributed by atoms with Crippen LogP contribution in [0.15, 0.2) is 24.5 Å². The molecule has 1 fully saturated rings. The van der Waals surface area contributed by atoms with Gasteiger partial charge in [-0.2, -0.15) is 0 Å². The first-order valence-electron chi connectivity index (χ1n) is 10.00. The lowest BCUT2D eigenvalue weighted by Crippen LogP contribution is -2.30. The van der Waals surface area contributed by atoms with E-state index in [4.69, 9.17) is 0 Å². The zero-order valence-corrected chi connectivity index (χ0v) is 16.5. The lowest BCUT2D eigenvalue weighted by Gasteiger charge is -2.28. The molecule has 3 aromatic rings. The Hall–Kier alpha value is -2.54. The molecule has 1 aromatic carbocycles. The molecule has 0 unspecified atom stereocenters. The van der Waals surface area contributed by atoms with Crippen molar-refractivity contribution in [1.82, 2.24) is 24.8 Å². The van der Waals surface area contributed by atoms with Crippen LogP contribution in [0.1, 0.15) is 31.2 Å². The molecule has 0 saturated carbocycles. The number of likely N-dealkylation sites (tertiary alicyclic amines) is 1. The van der Waals surface area contributed by atoms with E-state index in [1.165, 1.54) is 38.4 Å². The second kappa shape index (κ2) is 8.22. The lowest BCUT2D eigenvalue weighted by atomic mass is 9.92. The average molecular weight is 382 g/mol. The predicted molar refractivity (Wildman–Crippen MR) is 110 cm³/mol. The van der Waals surface area contributed by atoms with Crippen LogP contribution < -0.4 is 5.32 Å². The number of H-pyrrole nitrogens is 1. The summed E-state index contributed by atoms with van der Waals surface area (Å²) in [6.07, 6.45) is 8.46. The van der Waals surface area contributed by atoms with Crippen LogP contribution in [0.3, 0.4) is 0 Å². The van der Waals surface area contributed by atoms with Gasteiger partial charge in [-0.1, -0.05) is 0 Å². The third-order valence-corrected chi connectivity index (χ3v) is 5.67. The first-order chi connectivity index (χ1) is 13.6. The molecule has 7 heteroatoms. The van der Waals surface area contributed by atoms with Crippen molar-refractivity contribution >= 4 is 16.9 Å². The van der Waals surface area contributed by atoms with E-state index >= 15 is 0 Å². The molecular formula is C21H27FN6. The lowest BCUT2D eigenvalue weighted by molar-refractivity contribution is 0.211. The van der Waals surface area contributed by atoms with Gasteiger partial charge in [0, 0.05) is 12.1 Å². The Bertz CT molecular complexity index is 928. The molecular weight excluding hydrogens is 355 g/mol. The number of piperidine rings is 1. The van der Waals surface area contributed by atoms with Gasteiger partial charge >= 0.3 is 0 Å². The van der Waals surface area contributed by atoms with E-state index in [9.17, 15) is 4.39 Å². The Labute approximate surface area is 164 Å². The smallest absolute Gasteiger partial charge is 0.158 e. The van der Waals surface area contributed by atoms with Gasteiger partial charge in [0.05, 0.1) is 23.4 Å². The van der Waals surface area contributed by atoms with Crippen LogP contribution in [0.5, 0.6) is 0 Å². The van der Waals surface area contributed by atoms with Crippen molar-refractivity contribution in [3.05, 3.63) is 35.9 Å². The quantitative estimate of drug-likeness (QED) is 0.631. The predicted octanol–water partition coefficient (Wildman–Crippen LogP) is 4.00. The third kappa shape index (κ3) is 4.14. The Morgan fingerprint density at radius 1 is 1.21 bits per heavy atom. The Kier molecular flexibility index (Phi) is 5.52. The molecule has 1 saturated heterocycles. The maximum Gasteiger partial charge on any atom is 0.158 e. The van der Waals surface area contributed by atoms with E-state index < -0.39 is 0 Å². The maximum absolute atomic E-state index is 13.7. The van der Waals surface area contributed by atoms with Gasteiger partial charge < -0.3 is 15.2 Å². The number of fused-ring (bicyclic) bond motifs is 1. The molecule has 6 nitrogen and oxygen atoms in total. The number of hydrogen-bond acceptors (Lipinski definition) is 5. The van der Waals surface area contributed by atoms with E-state index in [-0.39, 0.29) is 5.82 Å². The van der Waals surface area contributed by atoms with Crippen LogP contribution in [0.4, 0.5) is 10.2 Å². The first kappa shape index (κ1) is 18.8. The van der Waals surface area contributed by atoms with Crippen LogP contribution >= 0.6 is 0 Å². The molecule has 0 spiro atoms. The molecule has 28 heavy (non-hydrogen) atoms. The highest BCUT2D eigenvalue weighted by atomic mass is 19.1. The maximum atomic E-state index is 13.7. The molecule has 0 bridgehead atoms. The number of halogens is 1. The summed E-state index contributed by atoms with van der Waals surface area (Å²) in [5.74, 6) is 1.97. The zero-order valence-electron chi connectivity index (χ0n) is 16.5. The minimum atomic E-state index is -0.253. The van der Waals surface area contributed by atoms with Crippen molar-refractivity contribution in [1.29, 1.82) is 0 Å². The van der Waals surface area contributed by atoms with E-state index in [2.05, 4.69) is 37.2 Å². The highest BCUT2D eigenvalue weighted by Gasteiger charge is 2.16. The minimum Gasteiger partial charge on any atom is -0.369 e. The second-order valence-corrected chi connectivity index (χ2v) is 7.76. The van der Waals surface area contributed by atoms with Crippen LogP contribution in [-0.2, 0) is 0 Å². The van der Waals surface area contributed by atoms with Crippen molar-refractivity contribution in [2.24, 2.45) is 5.92 Å². The third-order valence-electron chi connectivity index (χ3n) is 5.67. The van der Waals surface area contributed by atoms with E-state index in [1.807, 2.05) is 0 Å². The summed E-state index contributed by atoms with van der Waals surface area (Å²) in [6.45, 7) is 5.08. The second-order valence-electron chi connectivity index (χ2n) is 7.76. The van der Waals surface area contributed by atoms with E-state index in [0.29, 0.717) is 22.6 Å². The summed E-state index contributed by atoms with van der Waals surface area (Å²) in [6, 6.07) is 3.14. The number of aryl methyl sites for hydroxylation is 1. The Balaban J connectivity index is 1.32. The van der Waals surface area contributed by atoms with Crippen LogP contribution in [0.25, 0.3) is 22.6 Å². The van der Waals surface area contributed by atoms with Crippen molar-refractivity contribution < 1.29 is 4.39 Å². The summed E-state index contributed by atoms with van der Waals surface area (Å²) in [5, 5.41) is 3.35. The normalized spacial score (nSPS) is 16.0. The molecule has 148 valence electrons. The van der Waals surface area contributed by atoms with Gasteiger partial charge in [-0.05, 0) is 70.8 Å². The summed E-state index contributed by atoms with van der Waals surface area (Å²) in [4.78, 5) is 19.0. The largest absolute Gasteiger partial charge is 0.369 e. The van der Waals surface area contributed by atoms with Crippen molar-refractivity contribution in [3.8, 4) is 11.5 Å². The molecule has 4 rings (SSSR count). The molecule has 0 aliphatic carbocycles. The summed E-state index contributed by atoms with van der Waals surface area (Å²) < 4.78 is 13.7. The fourth-order valence-corrected chi connectivity index (χ4v) is 3.81. The number of benzene rings is 1. The van der Waals surface area contributed by atoms with Crippen molar-refractivity contribution in [3.63, 3.8) is 0 Å². The number of anilines is 1. The number of aromatic nitrogens is 4. The monoisotopic (exact) mass is 382 g/mol. The van der Waals surface area contributed by atoms with Crippen molar-refractivity contribution in [2.45, 2.75) is 32.6 Å². The topological polar surface area (TPSA) is 69.7 Å². The van der Waals surface area contributed by atoms with Gasteiger partial charge in [0.15, 0.2) is 5.82 Å². The van der Waals surface area contributed by atoms with Gasteiger partial charge in [-0.3, -0.25) is 0 Å². The van der Waals surface area contributed by atoms with E-state index in [1.54, 1.807) is 25.4 Å². The fourth-order valence-electron chi connectivity index (χ4n) is 3.81. The van der Waals surface area contributed by atoms with Crippen molar-refractivity contribution in [2.75, 3.05) is 32.0 Å². The Morgan fingerprint density at radius 2 is 2.04 bits per heavy atom. The highest BCUT2D eigenvalue weighted by molar-refractivity contribution is 5.81. The van der Waals surface area contributed by atoms with Crippen LogP contribution in [0, 0.1) is 18.7 Å².